The van der Waals surface area contributed by atoms with Crippen molar-refractivity contribution in [1.82, 2.24) is 0 Å². The summed E-state index contributed by atoms with van der Waals surface area (Å²) in [6.45, 7) is 0. The van der Waals surface area contributed by atoms with Gasteiger partial charge in [0.25, 0.3) is 0 Å². The van der Waals surface area contributed by atoms with E-state index in [4.69, 9.17) is 5.11 Å². The van der Waals surface area contributed by atoms with Gasteiger partial charge in [-0.05, 0) is 23.3 Å². The highest BCUT2D eigenvalue weighted by molar-refractivity contribution is 5.60. The summed E-state index contributed by atoms with van der Waals surface area (Å²) in [5.74, 6) is 0.159. The number of fused-ring (bicyclic) bond motifs is 1. The van der Waals surface area contributed by atoms with Gasteiger partial charge in [0.15, 0.2) is 0 Å². The number of rotatable bonds is 0. The molecular formula is C10H10O3. The molecule has 0 fully saturated rings. The van der Waals surface area contributed by atoms with E-state index in [2.05, 4.69) is 0 Å². The summed E-state index contributed by atoms with van der Waals surface area (Å²) in [5, 5.41) is 28.0. The van der Waals surface area contributed by atoms with Crippen molar-refractivity contribution in [1.29, 1.82) is 0 Å². The molecule has 0 spiro atoms. The minimum Gasteiger partial charge on any atom is -0.508 e. The Kier molecular flexibility index (Phi) is 1.83. The first kappa shape index (κ1) is 8.29. The van der Waals surface area contributed by atoms with Crippen LogP contribution in [-0.4, -0.2) is 21.4 Å². The van der Waals surface area contributed by atoms with Gasteiger partial charge in [0.2, 0.25) is 0 Å². The molecule has 0 radical (unpaired) electrons. The number of benzene rings is 1. The summed E-state index contributed by atoms with van der Waals surface area (Å²) in [7, 11) is 0. The number of aliphatic hydroxyl groups is 2. The molecule has 0 heterocycles. The Bertz CT molecular complexity index is 357. The van der Waals surface area contributed by atoms with Crippen LogP contribution in [0.5, 0.6) is 5.75 Å². The summed E-state index contributed by atoms with van der Waals surface area (Å²) in [4.78, 5) is 0. The van der Waals surface area contributed by atoms with Crippen molar-refractivity contribution in [2.24, 2.45) is 0 Å². The third kappa shape index (κ3) is 1.32. The van der Waals surface area contributed by atoms with Gasteiger partial charge in [-0.15, -0.1) is 0 Å². The summed E-state index contributed by atoms with van der Waals surface area (Å²) in [6.07, 6.45) is 1.46. The number of hydrogen-bond donors (Lipinski definition) is 3. The number of aliphatic hydroxyl groups excluding tert-OH is 2. The van der Waals surface area contributed by atoms with Crippen LogP contribution in [0.15, 0.2) is 24.3 Å². The molecular weight excluding hydrogens is 168 g/mol. The fourth-order valence-electron chi connectivity index (χ4n) is 1.47. The third-order valence-corrected chi connectivity index (χ3v) is 2.19. The van der Waals surface area contributed by atoms with Gasteiger partial charge >= 0.3 is 0 Å². The van der Waals surface area contributed by atoms with E-state index in [-0.39, 0.29) is 5.75 Å². The zero-order chi connectivity index (χ0) is 9.42. The van der Waals surface area contributed by atoms with Gasteiger partial charge in [-0.3, -0.25) is 0 Å². The Morgan fingerprint density at radius 1 is 1.15 bits per heavy atom. The molecule has 0 saturated carbocycles. The van der Waals surface area contributed by atoms with E-state index < -0.39 is 12.2 Å². The van der Waals surface area contributed by atoms with Crippen LogP contribution >= 0.6 is 0 Å². The lowest BCUT2D eigenvalue weighted by Crippen LogP contribution is -2.19. The lowest BCUT2D eigenvalue weighted by molar-refractivity contribution is 0.0470. The van der Waals surface area contributed by atoms with E-state index in [9.17, 15) is 10.2 Å². The highest BCUT2D eigenvalue weighted by atomic mass is 16.3. The van der Waals surface area contributed by atoms with Gasteiger partial charge in [0.1, 0.15) is 18.0 Å². The molecule has 68 valence electrons. The van der Waals surface area contributed by atoms with E-state index in [1.54, 1.807) is 18.2 Å². The molecule has 0 bridgehead atoms. The van der Waals surface area contributed by atoms with Crippen LogP contribution in [0.3, 0.4) is 0 Å². The average molecular weight is 178 g/mol. The maximum absolute atomic E-state index is 9.54. The molecule has 0 amide bonds. The second-order valence-electron chi connectivity index (χ2n) is 3.11. The van der Waals surface area contributed by atoms with Crippen LogP contribution in [0, 0.1) is 0 Å². The van der Waals surface area contributed by atoms with E-state index in [1.165, 1.54) is 12.1 Å². The summed E-state index contributed by atoms with van der Waals surface area (Å²) in [6, 6.07) is 4.66. The van der Waals surface area contributed by atoms with Crippen molar-refractivity contribution in [2.75, 3.05) is 0 Å². The lowest BCUT2D eigenvalue weighted by atomic mass is 9.93. The maximum atomic E-state index is 9.54. The van der Waals surface area contributed by atoms with Gasteiger partial charge < -0.3 is 15.3 Å². The summed E-state index contributed by atoms with van der Waals surface area (Å²) >= 11 is 0. The fourth-order valence-corrected chi connectivity index (χ4v) is 1.47. The van der Waals surface area contributed by atoms with Crippen molar-refractivity contribution in [2.45, 2.75) is 12.2 Å². The Morgan fingerprint density at radius 2 is 1.92 bits per heavy atom. The van der Waals surface area contributed by atoms with Gasteiger partial charge in [0.05, 0.1) is 0 Å². The quantitative estimate of drug-likeness (QED) is 0.551. The van der Waals surface area contributed by atoms with Crippen molar-refractivity contribution < 1.29 is 15.3 Å². The van der Waals surface area contributed by atoms with E-state index in [0.717, 1.165) is 5.56 Å². The molecule has 3 nitrogen and oxygen atoms in total. The Balaban J connectivity index is 2.52. The SMILES string of the molecule is Oc1ccc2c(c1)C=C[C@H](O)[C@H]2O. The standard InChI is InChI=1S/C10H10O3/c11-7-2-3-8-6(5-7)1-4-9(12)10(8)13/h1-5,9-13H/t9-,10-/m0/s1. The van der Waals surface area contributed by atoms with Crippen LogP contribution < -0.4 is 0 Å². The number of phenolic OH excluding ortho intramolecular Hbond substituents is 1. The second-order valence-corrected chi connectivity index (χ2v) is 3.11. The molecule has 1 aromatic rings. The van der Waals surface area contributed by atoms with Gasteiger partial charge in [-0.25, -0.2) is 0 Å². The third-order valence-electron chi connectivity index (χ3n) is 2.19. The molecule has 1 aliphatic rings. The molecule has 2 atom stereocenters. The monoisotopic (exact) mass is 178 g/mol. The lowest BCUT2D eigenvalue weighted by Gasteiger charge is -2.21. The number of aromatic hydroxyl groups is 1. The van der Waals surface area contributed by atoms with Crippen molar-refractivity contribution >= 4 is 6.08 Å². The van der Waals surface area contributed by atoms with Gasteiger partial charge in [-0.1, -0.05) is 18.2 Å². The molecule has 1 aromatic carbocycles. The number of hydrogen-bond acceptors (Lipinski definition) is 3. The number of phenols is 1. The van der Waals surface area contributed by atoms with E-state index >= 15 is 0 Å². The molecule has 0 aliphatic heterocycles. The highest BCUT2D eigenvalue weighted by Crippen LogP contribution is 2.30. The van der Waals surface area contributed by atoms with E-state index in [0.29, 0.717) is 5.56 Å². The van der Waals surface area contributed by atoms with Crippen molar-refractivity contribution in [3.63, 3.8) is 0 Å². The minimum atomic E-state index is -0.888. The normalized spacial score (nSPS) is 25.7. The largest absolute Gasteiger partial charge is 0.508 e. The molecule has 0 aromatic heterocycles. The second kappa shape index (κ2) is 2.87. The molecule has 3 N–H and O–H groups in total. The Hall–Kier alpha value is -1.32. The van der Waals surface area contributed by atoms with Crippen LogP contribution in [0.1, 0.15) is 17.2 Å². The zero-order valence-corrected chi connectivity index (χ0v) is 6.88. The predicted octanol–water partition coefficient (Wildman–Crippen LogP) is 0.813. The summed E-state index contributed by atoms with van der Waals surface area (Å²) in [5.41, 5.74) is 1.39. The molecule has 2 rings (SSSR count). The first-order chi connectivity index (χ1) is 6.18. The first-order valence-electron chi connectivity index (χ1n) is 4.06. The fraction of sp³-hybridized carbons (Fsp3) is 0.200. The summed E-state index contributed by atoms with van der Waals surface area (Å²) < 4.78 is 0. The van der Waals surface area contributed by atoms with E-state index in [1.807, 2.05) is 0 Å². The average Bonchev–Trinajstić information content (AvgIpc) is 2.12. The van der Waals surface area contributed by atoms with Crippen LogP contribution in [-0.2, 0) is 0 Å². The topological polar surface area (TPSA) is 60.7 Å². The Labute approximate surface area is 75.6 Å². The van der Waals surface area contributed by atoms with Crippen LogP contribution in [0.2, 0.25) is 0 Å². The minimum absolute atomic E-state index is 0.159. The molecule has 0 saturated heterocycles. The predicted molar refractivity (Wildman–Crippen MR) is 48.1 cm³/mol. The van der Waals surface area contributed by atoms with Crippen LogP contribution in [0.25, 0.3) is 6.08 Å². The van der Waals surface area contributed by atoms with Crippen molar-refractivity contribution in [3.8, 4) is 5.75 Å². The van der Waals surface area contributed by atoms with Gasteiger partial charge in [0, 0.05) is 0 Å². The first-order valence-corrected chi connectivity index (χ1v) is 4.06. The van der Waals surface area contributed by atoms with Crippen molar-refractivity contribution in [3.05, 3.63) is 35.4 Å². The zero-order valence-electron chi connectivity index (χ0n) is 6.88. The molecule has 3 heteroatoms. The maximum Gasteiger partial charge on any atom is 0.116 e. The highest BCUT2D eigenvalue weighted by Gasteiger charge is 2.21. The molecule has 13 heavy (non-hydrogen) atoms. The molecule has 0 unspecified atom stereocenters. The molecule has 1 aliphatic carbocycles. The van der Waals surface area contributed by atoms with Crippen LogP contribution in [0.4, 0.5) is 0 Å². The smallest absolute Gasteiger partial charge is 0.116 e. The Morgan fingerprint density at radius 3 is 2.69 bits per heavy atom. The van der Waals surface area contributed by atoms with Gasteiger partial charge in [-0.2, -0.15) is 0 Å².